The Morgan fingerprint density at radius 3 is 2.75 bits per heavy atom. The molecule has 0 spiro atoms. The molecule has 1 heteroatoms. The first-order valence-corrected chi connectivity index (χ1v) is 2.80. The fourth-order valence-corrected chi connectivity index (χ4v) is 0.614. The van der Waals surface area contributed by atoms with Crippen LogP contribution < -0.4 is 0 Å². The molecular formula is C7H6Cl. The topological polar surface area (TPSA) is 0 Å². The fraction of sp³-hybridized carbons (Fsp3) is 0.143. The zero-order valence-corrected chi connectivity index (χ0v) is 5.37. The van der Waals surface area contributed by atoms with Crippen LogP contribution >= 0.6 is 11.6 Å². The first-order chi connectivity index (χ1) is 3.80. The quantitative estimate of drug-likeness (QED) is 0.500. The van der Waals surface area contributed by atoms with Crippen LogP contribution in [0.2, 0.25) is 5.02 Å². The summed E-state index contributed by atoms with van der Waals surface area (Å²) in [7, 11) is 0. The molecule has 0 aromatic heterocycles. The van der Waals surface area contributed by atoms with Crippen molar-refractivity contribution >= 4 is 11.6 Å². The van der Waals surface area contributed by atoms with Crippen molar-refractivity contribution in [3.63, 3.8) is 0 Å². The summed E-state index contributed by atoms with van der Waals surface area (Å²) in [5, 5.41) is 0.785. The molecule has 0 saturated carbocycles. The Bertz CT molecular complexity index is 160. The smallest absolute Gasteiger partial charge is 0.0441 e. The van der Waals surface area contributed by atoms with E-state index in [0.29, 0.717) is 0 Å². The second-order valence-corrected chi connectivity index (χ2v) is 2.08. The normalized spacial score (nSPS) is 9.25. The van der Waals surface area contributed by atoms with Gasteiger partial charge in [0.25, 0.3) is 0 Å². The molecule has 1 aromatic rings. The van der Waals surface area contributed by atoms with Crippen molar-refractivity contribution in [2.75, 3.05) is 0 Å². The lowest BCUT2D eigenvalue weighted by Crippen LogP contribution is -1.69. The summed E-state index contributed by atoms with van der Waals surface area (Å²) < 4.78 is 0. The number of halogens is 1. The maximum absolute atomic E-state index is 5.68. The summed E-state index contributed by atoms with van der Waals surface area (Å²) in [5.41, 5.74) is 1.10. The van der Waals surface area contributed by atoms with Crippen LogP contribution in [0.1, 0.15) is 5.56 Å². The van der Waals surface area contributed by atoms with Crippen molar-refractivity contribution in [1.82, 2.24) is 0 Å². The van der Waals surface area contributed by atoms with Crippen molar-refractivity contribution < 1.29 is 0 Å². The first-order valence-electron chi connectivity index (χ1n) is 2.43. The van der Waals surface area contributed by atoms with Crippen molar-refractivity contribution in [1.29, 1.82) is 0 Å². The van der Waals surface area contributed by atoms with Gasteiger partial charge in [0.2, 0.25) is 0 Å². The largest absolute Gasteiger partial charge is 0.0840 e. The van der Waals surface area contributed by atoms with E-state index in [2.05, 4.69) is 6.07 Å². The predicted molar refractivity (Wildman–Crippen MR) is 35.0 cm³/mol. The van der Waals surface area contributed by atoms with E-state index in [9.17, 15) is 0 Å². The van der Waals surface area contributed by atoms with Crippen LogP contribution in [0.25, 0.3) is 0 Å². The summed E-state index contributed by atoms with van der Waals surface area (Å²) in [5.74, 6) is 0. The number of benzene rings is 1. The molecule has 0 aliphatic carbocycles. The SMILES string of the molecule is Cc1cc[c]cc1Cl. The summed E-state index contributed by atoms with van der Waals surface area (Å²) in [4.78, 5) is 0. The summed E-state index contributed by atoms with van der Waals surface area (Å²) in [6.07, 6.45) is 0. The molecule has 0 aliphatic rings. The van der Waals surface area contributed by atoms with Crippen LogP contribution in [0.5, 0.6) is 0 Å². The van der Waals surface area contributed by atoms with Gasteiger partial charge in [-0.3, -0.25) is 0 Å². The van der Waals surface area contributed by atoms with Gasteiger partial charge in [-0.05, 0) is 24.6 Å². The van der Waals surface area contributed by atoms with E-state index in [-0.39, 0.29) is 0 Å². The van der Waals surface area contributed by atoms with Crippen LogP contribution in [-0.4, -0.2) is 0 Å². The molecule has 0 saturated heterocycles. The van der Waals surface area contributed by atoms with Crippen LogP contribution in [0.4, 0.5) is 0 Å². The lowest BCUT2D eigenvalue weighted by Gasteiger charge is -1.90. The van der Waals surface area contributed by atoms with Gasteiger partial charge in [0.05, 0.1) is 0 Å². The Hall–Kier alpha value is -0.490. The fourth-order valence-electron chi connectivity index (χ4n) is 0.488. The molecular weight excluding hydrogens is 120 g/mol. The highest BCUT2D eigenvalue weighted by Crippen LogP contribution is 2.11. The Morgan fingerprint density at radius 1 is 1.62 bits per heavy atom. The van der Waals surface area contributed by atoms with Gasteiger partial charge in [-0.1, -0.05) is 23.7 Å². The van der Waals surface area contributed by atoms with Gasteiger partial charge in [0, 0.05) is 5.02 Å². The van der Waals surface area contributed by atoms with Gasteiger partial charge in [0.1, 0.15) is 0 Å². The van der Waals surface area contributed by atoms with Gasteiger partial charge < -0.3 is 0 Å². The zero-order valence-electron chi connectivity index (χ0n) is 4.61. The zero-order chi connectivity index (χ0) is 5.98. The van der Waals surface area contributed by atoms with Crippen LogP contribution in [0.15, 0.2) is 18.2 Å². The second-order valence-electron chi connectivity index (χ2n) is 1.68. The lowest BCUT2D eigenvalue weighted by atomic mass is 10.2. The van der Waals surface area contributed by atoms with E-state index in [4.69, 9.17) is 11.6 Å². The molecule has 0 heterocycles. The Balaban J connectivity index is 3.13. The van der Waals surface area contributed by atoms with E-state index < -0.39 is 0 Å². The highest BCUT2D eigenvalue weighted by Gasteiger charge is 1.86. The van der Waals surface area contributed by atoms with E-state index >= 15 is 0 Å². The third kappa shape index (κ3) is 1.01. The molecule has 1 aromatic carbocycles. The van der Waals surface area contributed by atoms with Crippen molar-refractivity contribution in [3.8, 4) is 0 Å². The maximum atomic E-state index is 5.68. The molecule has 0 amide bonds. The summed E-state index contributed by atoms with van der Waals surface area (Å²) in [6, 6.07) is 8.41. The van der Waals surface area contributed by atoms with Gasteiger partial charge in [0.15, 0.2) is 0 Å². The van der Waals surface area contributed by atoms with Crippen LogP contribution in [-0.2, 0) is 0 Å². The summed E-state index contributed by atoms with van der Waals surface area (Å²) >= 11 is 5.68. The second kappa shape index (κ2) is 2.19. The molecule has 0 aliphatic heterocycles. The minimum absolute atomic E-state index is 0.785. The van der Waals surface area contributed by atoms with E-state index in [0.717, 1.165) is 10.6 Å². The average molecular weight is 126 g/mol. The highest BCUT2D eigenvalue weighted by atomic mass is 35.5. The van der Waals surface area contributed by atoms with E-state index in [1.54, 1.807) is 6.07 Å². The van der Waals surface area contributed by atoms with Crippen molar-refractivity contribution in [2.45, 2.75) is 6.92 Å². The molecule has 0 unspecified atom stereocenters. The van der Waals surface area contributed by atoms with E-state index in [1.165, 1.54) is 0 Å². The average Bonchev–Trinajstić information content (AvgIpc) is 1.77. The number of hydrogen-bond donors (Lipinski definition) is 0. The third-order valence-electron chi connectivity index (χ3n) is 1.02. The van der Waals surface area contributed by atoms with Gasteiger partial charge in [-0.15, -0.1) is 0 Å². The highest BCUT2D eigenvalue weighted by molar-refractivity contribution is 6.31. The molecule has 0 N–H and O–H groups in total. The Kier molecular flexibility index (Phi) is 1.54. The van der Waals surface area contributed by atoms with Gasteiger partial charge >= 0.3 is 0 Å². The predicted octanol–water partition coefficient (Wildman–Crippen LogP) is 2.45. The van der Waals surface area contributed by atoms with E-state index in [1.807, 2.05) is 19.1 Å². The number of rotatable bonds is 0. The molecule has 0 fully saturated rings. The monoisotopic (exact) mass is 125 g/mol. The van der Waals surface area contributed by atoms with Crippen molar-refractivity contribution in [2.24, 2.45) is 0 Å². The molecule has 0 bridgehead atoms. The van der Waals surface area contributed by atoms with Gasteiger partial charge in [-0.2, -0.15) is 0 Å². The van der Waals surface area contributed by atoms with Crippen LogP contribution in [0, 0.1) is 13.0 Å². The first kappa shape index (κ1) is 5.64. The third-order valence-corrected chi connectivity index (χ3v) is 1.42. The Labute approximate surface area is 54.1 Å². The summed E-state index contributed by atoms with van der Waals surface area (Å²) in [6.45, 7) is 1.97. The number of aryl methyl sites for hydroxylation is 1. The number of hydrogen-bond acceptors (Lipinski definition) is 0. The molecule has 8 heavy (non-hydrogen) atoms. The maximum Gasteiger partial charge on any atom is 0.0441 e. The molecule has 1 radical (unpaired) electrons. The molecule has 0 atom stereocenters. The standard InChI is InChI=1S/C7H6Cl/c1-6-4-2-3-5-7(6)8/h2,4-5H,1H3. The minimum atomic E-state index is 0.785. The Morgan fingerprint density at radius 2 is 2.38 bits per heavy atom. The molecule has 41 valence electrons. The lowest BCUT2D eigenvalue weighted by molar-refractivity contribution is 1.47. The molecule has 1 rings (SSSR count). The minimum Gasteiger partial charge on any atom is -0.0840 e. The van der Waals surface area contributed by atoms with Crippen molar-refractivity contribution in [3.05, 3.63) is 34.9 Å². The van der Waals surface area contributed by atoms with Crippen LogP contribution in [0.3, 0.4) is 0 Å². The van der Waals surface area contributed by atoms with Gasteiger partial charge in [-0.25, -0.2) is 0 Å². The molecule has 0 nitrogen and oxygen atoms in total.